The van der Waals surface area contributed by atoms with Gasteiger partial charge in [0, 0.05) is 4.47 Å². The van der Waals surface area contributed by atoms with Crippen LogP contribution in [0.5, 0.6) is 0 Å². The number of aromatic carboxylic acids is 1. The highest BCUT2D eigenvalue weighted by Gasteiger charge is 2.15. The lowest BCUT2D eigenvalue weighted by atomic mass is 10.1. The van der Waals surface area contributed by atoms with Crippen molar-refractivity contribution in [3.8, 4) is 0 Å². The summed E-state index contributed by atoms with van der Waals surface area (Å²) >= 11 is 4.55. The molecule has 0 unspecified atom stereocenters. The lowest BCUT2D eigenvalue weighted by Gasteiger charge is -2.15. The first kappa shape index (κ1) is 15.5. The number of carbonyl (C=O) groups excluding carboxylic acids is 1. The monoisotopic (exact) mass is 368 g/mol. The fraction of sp³-hybridized carbons (Fsp3) is 0.143. The molecule has 0 radical (unpaired) electrons. The van der Waals surface area contributed by atoms with E-state index in [0.717, 1.165) is 10.0 Å². The van der Waals surface area contributed by atoms with E-state index < -0.39 is 12.0 Å². The summed E-state index contributed by atoms with van der Waals surface area (Å²) in [7, 11) is 0. The number of amides is 2. The summed E-state index contributed by atoms with van der Waals surface area (Å²) in [6.07, 6.45) is 0. The summed E-state index contributed by atoms with van der Waals surface area (Å²) in [5, 5.41) is 16.3. The number of halogens is 1. The van der Waals surface area contributed by atoms with Gasteiger partial charge >= 0.3 is 12.0 Å². The highest BCUT2D eigenvalue weighted by Crippen LogP contribution is 2.23. The predicted octanol–water partition coefficient (Wildman–Crippen LogP) is 4.09. The van der Waals surface area contributed by atoms with Crippen molar-refractivity contribution in [1.29, 1.82) is 0 Å². The third-order valence-corrected chi connectivity index (χ3v) is 4.14. The minimum Gasteiger partial charge on any atom is -0.478 e. The minimum absolute atomic E-state index is 0.0882. The first-order valence-corrected chi connectivity index (χ1v) is 7.78. The third kappa shape index (κ3) is 4.05. The first-order valence-electron chi connectivity index (χ1n) is 6.11. The molecule has 3 N–H and O–H groups in total. The maximum Gasteiger partial charge on any atom is 0.338 e. The number of anilines is 1. The van der Waals surface area contributed by atoms with E-state index in [0.29, 0.717) is 5.00 Å². The largest absolute Gasteiger partial charge is 0.478 e. The Morgan fingerprint density at radius 1 is 1.33 bits per heavy atom. The molecule has 5 nitrogen and oxygen atoms in total. The van der Waals surface area contributed by atoms with Crippen LogP contribution in [0.3, 0.4) is 0 Å². The van der Waals surface area contributed by atoms with E-state index in [-0.39, 0.29) is 11.6 Å². The zero-order valence-corrected chi connectivity index (χ0v) is 13.5. The molecule has 0 aliphatic rings. The van der Waals surface area contributed by atoms with E-state index in [1.807, 2.05) is 31.2 Å². The van der Waals surface area contributed by atoms with Gasteiger partial charge in [0.2, 0.25) is 0 Å². The molecular formula is C14H13BrN2O3S. The van der Waals surface area contributed by atoms with Crippen molar-refractivity contribution in [2.75, 3.05) is 5.32 Å². The second kappa shape index (κ2) is 6.73. The first-order chi connectivity index (χ1) is 9.97. The van der Waals surface area contributed by atoms with Gasteiger partial charge in [0.15, 0.2) is 0 Å². The number of carboxylic acid groups (broad SMARTS) is 1. The topological polar surface area (TPSA) is 78.4 Å². The van der Waals surface area contributed by atoms with Crippen LogP contribution in [0.2, 0.25) is 0 Å². The van der Waals surface area contributed by atoms with Crippen LogP contribution in [0.4, 0.5) is 9.80 Å². The highest BCUT2D eigenvalue weighted by molar-refractivity contribution is 9.10. The molecule has 0 saturated carbocycles. The standard InChI is InChI=1S/C14H13BrN2O3S/c1-8(9-3-2-4-10(15)7-9)16-14(20)17-12-11(13(18)19)5-6-21-12/h2-8H,1H3,(H,18,19)(H2,16,17,20)/t8-/m0/s1. The second-order valence-electron chi connectivity index (χ2n) is 4.34. The molecule has 0 aliphatic carbocycles. The summed E-state index contributed by atoms with van der Waals surface area (Å²) in [5.74, 6) is -1.06. The van der Waals surface area contributed by atoms with Gasteiger partial charge in [-0.3, -0.25) is 5.32 Å². The molecule has 2 aromatic rings. The van der Waals surface area contributed by atoms with Gasteiger partial charge in [0.25, 0.3) is 0 Å². The highest BCUT2D eigenvalue weighted by atomic mass is 79.9. The molecule has 0 saturated heterocycles. The predicted molar refractivity (Wildman–Crippen MR) is 86.0 cm³/mol. The number of urea groups is 1. The van der Waals surface area contributed by atoms with E-state index in [1.165, 1.54) is 17.4 Å². The number of thiophene rings is 1. The Morgan fingerprint density at radius 2 is 2.10 bits per heavy atom. The van der Waals surface area contributed by atoms with E-state index in [4.69, 9.17) is 5.11 Å². The van der Waals surface area contributed by atoms with Crippen LogP contribution in [-0.4, -0.2) is 17.1 Å². The van der Waals surface area contributed by atoms with Gasteiger partial charge in [0.1, 0.15) is 5.00 Å². The molecular weight excluding hydrogens is 356 g/mol. The molecule has 1 aromatic carbocycles. The fourth-order valence-corrected chi connectivity index (χ4v) is 2.96. The quantitative estimate of drug-likeness (QED) is 0.760. The average molecular weight is 369 g/mol. The van der Waals surface area contributed by atoms with E-state index >= 15 is 0 Å². The Kier molecular flexibility index (Phi) is 4.98. The van der Waals surface area contributed by atoms with E-state index in [9.17, 15) is 9.59 Å². The lowest BCUT2D eigenvalue weighted by molar-refractivity contribution is 0.0698. The average Bonchev–Trinajstić information content (AvgIpc) is 2.86. The van der Waals surface area contributed by atoms with Gasteiger partial charge < -0.3 is 10.4 Å². The summed E-state index contributed by atoms with van der Waals surface area (Å²) in [6, 6.07) is 8.43. The van der Waals surface area contributed by atoms with Crippen molar-refractivity contribution < 1.29 is 14.7 Å². The van der Waals surface area contributed by atoms with Crippen LogP contribution in [0, 0.1) is 0 Å². The van der Waals surface area contributed by atoms with Crippen molar-refractivity contribution in [3.63, 3.8) is 0 Å². The molecule has 0 spiro atoms. The van der Waals surface area contributed by atoms with Gasteiger partial charge in [0.05, 0.1) is 11.6 Å². The fourth-order valence-electron chi connectivity index (χ4n) is 1.77. The zero-order chi connectivity index (χ0) is 15.4. The van der Waals surface area contributed by atoms with Crippen molar-refractivity contribution in [2.45, 2.75) is 13.0 Å². The molecule has 1 atom stereocenters. The minimum atomic E-state index is -1.06. The zero-order valence-electron chi connectivity index (χ0n) is 11.1. The molecule has 2 rings (SSSR count). The number of hydrogen-bond donors (Lipinski definition) is 3. The van der Waals surface area contributed by atoms with E-state index in [1.54, 1.807) is 5.38 Å². The molecule has 0 bridgehead atoms. The Labute approximate surface area is 134 Å². The Balaban J connectivity index is 2.01. The Hall–Kier alpha value is -1.86. The summed E-state index contributed by atoms with van der Waals surface area (Å²) in [5.41, 5.74) is 1.04. The normalized spacial score (nSPS) is 11.7. The van der Waals surface area contributed by atoms with Gasteiger partial charge in [-0.25, -0.2) is 9.59 Å². The van der Waals surface area contributed by atoms with Crippen molar-refractivity contribution in [1.82, 2.24) is 5.32 Å². The van der Waals surface area contributed by atoms with Gasteiger partial charge in [-0.15, -0.1) is 11.3 Å². The smallest absolute Gasteiger partial charge is 0.338 e. The van der Waals surface area contributed by atoms with Crippen LogP contribution in [0.15, 0.2) is 40.2 Å². The molecule has 110 valence electrons. The second-order valence-corrected chi connectivity index (χ2v) is 6.18. The lowest BCUT2D eigenvalue weighted by Crippen LogP contribution is -2.31. The van der Waals surface area contributed by atoms with Crippen LogP contribution in [0.1, 0.15) is 28.9 Å². The molecule has 0 fully saturated rings. The van der Waals surface area contributed by atoms with Crippen LogP contribution in [-0.2, 0) is 0 Å². The Morgan fingerprint density at radius 3 is 2.76 bits per heavy atom. The number of carbonyl (C=O) groups is 2. The maximum absolute atomic E-state index is 11.9. The van der Waals surface area contributed by atoms with Crippen molar-refractivity contribution in [2.24, 2.45) is 0 Å². The maximum atomic E-state index is 11.9. The number of rotatable bonds is 4. The van der Waals surface area contributed by atoms with Crippen LogP contribution < -0.4 is 10.6 Å². The molecule has 0 aliphatic heterocycles. The number of benzene rings is 1. The molecule has 1 heterocycles. The van der Waals surface area contributed by atoms with Gasteiger partial charge in [-0.05, 0) is 36.1 Å². The Bertz CT molecular complexity index is 672. The third-order valence-electron chi connectivity index (χ3n) is 2.82. The summed E-state index contributed by atoms with van der Waals surface area (Å²) in [6.45, 7) is 1.86. The molecule has 21 heavy (non-hydrogen) atoms. The van der Waals surface area contributed by atoms with Crippen molar-refractivity contribution in [3.05, 3.63) is 51.3 Å². The number of carboxylic acids is 1. The number of nitrogens with one attached hydrogen (secondary N) is 2. The van der Waals surface area contributed by atoms with Gasteiger partial charge in [-0.2, -0.15) is 0 Å². The van der Waals surface area contributed by atoms with E-state index in [2.05, 4.69) is 26.6 Å². The number of hydrogen-bond acceptors (Lipinski definition) is 3. The molecule has 2 amide bonds. The van der Waals surface area contributed by atoms with Crippen LogP contribution >= 0.6 is 27.3 Å². The summed E-state index contributed by atoms with van der Waals surface area (Å²) < 4.78 is 0.931. The summed E-state index contributed by atoms with van der Waals surface area (Å²) in [4.78, 5) is 22.9. The molecule has 7 heteroatoms. The van der Waals surface area contributed by atoms with Crippen molar-refractivity contribution >= 4 is 44.3 Å². The van der Waals surface area contributed by atoms with Crippen LogP contribution in [0.25, 0.3) is 0 Å². The van der Waals surface area contributed by atoms with Gasteiger partial charge in [-0.1, -0.05) is 28.1 Å². The SMILES string of the molecule is C[C@H](NC(=O)Nc1sccc1C(=O)O)c1cccc(Br)c1. The molecule has 1 aromatic heterocycles.